The summed E-state index contributed by atoms with van der Waals surface area (Å²) in [6.45, 7) is 4.03. The second-order valence-corrected chi connectivity index (χ2v) is 3.75. The summed E-state index contributed by atoms with van der Waals surface area (Å²) in [5.74, 6) is 0.820. The largest absolute Gasteiger partial charge is 0.497 e. The zero-order valence-corrected chi connectivity index (χ0v) is 10.1. The molecule has 0 spiro atoms. The molecule has 3 nitrogen and oxygen atoms in total. The molecular weight excluding hydrogens is 200 g/mol. The van der Waals surface area contributed by atoms with Gasteiger partial charge in [-0.05, 0) is 37.1 Å². The van der Waals surface area contributed by atoms with E-state index in [1.165, 1.54) is 0 Å². The third kappa shape index (κ3) is 2.66. The monoisotopic (exact) mass is 218 g/mol. The van der Waals surface area contributed by atoms with Crippen LogP contribution in [0.1, 0.15) is 26.7 Å². The Balaban J connectivity index is 2.82. The van der Waals surface area contributed by atoms with Gasteiger partial charge in [0.2, 0.25) is 0 Å². The van der Waals surface area contributed by atoms with E-state index in [2.05, 4.69) is 11.4 Å². The van der Waals surface area contributed by atoms with Gasteiger partial charge in [-0.2, -0.15) is 5.26 Å². The van der Waals surface area contributed by atoms with Crippen LogP contribution in [-0.4, -0.2) is 12.6 Å². The fraction of sp³-hybridized carbons (Fsp3) is 0.462. The Morgan fingerprint density at radius 3 is 2.19 bits per heavy atom. The summed E-state index contributed by atoms with van der Waals surface area (Å²) in [4.78, 5) is 0. The normalized spacial score (nSPS) is 10.6. The summed E-state index contributed by atoms with van der Waals surface area (Å²) in [6.07, 6.45) is 1.57. The van der Waals surface area contributed by atoms with E-state index in [4.69, 9.17) is 4.74 Å². The summed E-state index contributed by atoms with van der Waals surface area (Å²) >= 11 is 0. The molecule has 0 radical (unpaired) electrons. The lowest BCUT2D eigenvalue weighted by Gasteiger charge is -2.26. The lowest BCUT2D eigenvalue weighted by molar-refractivity contribution is 0.415. The first-order chi connectivity index (χ1) is 7.69. The summed E-state index contributed by atoms with van der Waals surface area (Å²) in [5, 5.41) is 12.5. The average Bonchev–Trinajstić information content (AvgIpc) is 2.37. The summed E-state index contributed by atoms with van der Waals surface area (Å²) in [5.41, 5.74) is 0.486. The topological polar surface area (TPSA) is 45.0 Å². The fourth-order valence-electron chi connectivity index (χ4n) is 1.56. The van der Waals surface area contributed by atoms with Crippen LogP contribution in [-0.2, 0) is 0 Å². The Morgan fingerprint density at radius 1 is 1.25 bits per heavy atom. The average molecular weight is 218 g/mol. The van der Waals surface area contributed by atoms with Crippen molar-refractivity contribution in [1.29, 1.82) is 5.26 Å². The predicted octanol–water partition coefficient (Wildman–Crippen LogP) is 3.19. The Labute approximate surface area is 97.0 Å². The number of anilines is 1. The minimum Gasteiger partial charge on any atom is -0.497 e. The molecule has 1 N–H and O–H groups in total. The molecule has 0 aliphatic carbocycles. The van der Waals surface area contributed by atoms with E-state index in [9.17, 15) is 5.26 Å². The molecule has 0 saturated heterocycles. The molecule has 1 aromatic carbocycles. The number of hydrogen-bond donors (Lipinski definition) is 1. The second kappa shape index (κ2) is 5.41. The zero-order chi connectivity index (χ0) is 12.0. The molecule has 0 saturated carbocycles. The molecule has 0 aliphatic rings. The van der Waals surface area contributed by atoms with Crippen molar-refractivity contribution in [1.82, 2.24) is 0 Å². The standard InChI is InChI=1S/C13H18N2O/c1-4-13(5-2,10-14)15-11-6-8-12(16-3)9-7-11/h6-9,15H,4-5H2,1-3H3. The van der Waals surface area contributed by atoms with Gasteiger partial charge in [0.25, 0.3) is 0 Å². The highest BCUT2D eigenvalue weighted by atomic mass is 16.5. The van der Waals surface area contributed by atoms with Crippen LogP contribution in [0.2, 0.25) is 0 Å². The highest BCUT2D eigenvalue weighted by molar-refractivity contribution is 5.50. The number of methoxy groups -OCH3 is 1. The van der Waals surface area contributed by atoms with E-state index in [1.54, 1.807) is 7.11 Å². The van der Waals surface area contributed by atoms with Crippen molar-refractivity contribution >= 4 is 5.69 Å². The van der Waals surface area contributed by atoms with E-state index >= 15 is 0 Å². The van der Waals surface area contributed by atoms with E-state index in [0.29, 0.717) is 0 Å². The smallest absolute Gasteiger partial charge is 0.124 e. The van der Waals surface area contributed by atoms with Crippen molar-refractivity contribution in [2.75, 3.05) is 12.4 Å². The quantitative estimate of drug-likeness (QED) is 0.825. The first-order valence-electron chi connectivity index (χ1n) is 5.53. The van der Waals surface area contributed by atoms with Crippen molar-refractivity contribution in [3.63, 3.8) is 0 Å². The van der Waals surface area contributed by atoms with E-state index in [1.807, 2.05) is 38.1 Å². The number of nitrogens with zero attached hydrogens (tertiary/aromatic N) is 1. The van der Waals surface area contributed by atoms with Gasteiger partial charge in [0.05, 0.1) is 13.2 Å². The van der Waals surface area contributed by atoms with Gasteiger partial charge in [0, 0.05) is 5.69 Å². The summed E-state index contributed by atoms with van der Waals surface area (Å²) < 4.78 is 5.09. The molecule has 0 heterocycles. The maximum atomic E-state index is 9.20. The molecule has 3 heteroatoms. The maximum absolute atomic E-state index is 9.20. The lowest BCUT2D eigenvalue weighted by Crippen LogP contribution is -2.34. The molecule has 86 valence electrons. The van der Waals surface area contributed by atoms with Crippen molar-refractivity contribution < 1.29 is 4.74 Å². The van der Waals surface area contributed by atoms with Crippen LogP contribution in [0.15, 0.2) is 24.3 Å². The number of ether oxygens (including phenoxy) is 1. The second-order valence-electron chi connectivity index (χ2n) is 3.75. The Bertz CT molecular complexity index is 361. The van der Waals surface area contributed by atoms with Crippen LogP contribution in [0, 0.1) is 11.3 Å². The van der Waals surface area contributed by atoms with Crippen LogP contribution >= 0.6 is 0 Å². The third-order valence-corrected chi connectivity index (χ3v) is 2.89. The van der Waals surface area contributed by atoms with E-state index in [0.717, 1.165) is 24.3 Å². The van der Waals surface area contributed by atoms with Crippen LogP contribution in [0.4, 0.5) is 5.69 Å². The molecule has 0 aromatic heterocycles. The van der Waals surface area contributed by atoms with E-state index in [-0.39, 0.29) is 0 Å². The molecular formula is C13H18N2O. The van der Waals surface area contributed by atoms with Gasteiger partial charge >= 0.3 is 0 Å². The summed E-state index contributed by atoms with van der Waals surface area (Å²) in [7, 11) is 1.64. The Hall–Kier alpha value is -1.69. The third-order valence-electron chi connectivity index (χ3n) is 2.89. The number of nitriles is 1. The van der Waals surface area contributed by atoms with Crippen LogP contribution < -0.4 is 10.1 Å². The van der Waals surface area contributed by atoms with Crippen molar-refractivity contribution in [3.8, 4) is 11.8 Å². The zero-order valence-electron chi connectivity index (χ0n) is 10.1. The SMILES string of the molecule is CCC(C#N)(CC)Nc1ccc(OC)cc1. The van der Waals surface area contributed by atoms with Gasteiger partial charge < -0.3 is 10.1 Å². The molecule has 0 bridgehead atoms. The molecule has 0 aliphatic heterocycles. The van der Waals surface area contributed by atoms with Crippen LogP contribution in [0.25, 0.3) is 0 Å². The van der Waals surface area contributed by atoms with Gasteiger partial charge in [-0.3, -0.25) is 0 Å². The number of benzene rings is 1. The molecule has 0 unspecified atom stereocenters. The molecule has 0 atom stereocenters. The van der Waals surface area contributed by atoms with Gasteiger partial charge in [-0.1, -0.05) is 13.8 Å². The molecule has 1 rings (SSSR count). The molecule has 0 amide bonds. The Morgan fingerprint density at radius 2 is 1.81 bits per heavy atom. The van der Waals surface area contributed by atoms with Gasteiger partial charge in [0.15, 0.2) is 0 Å². The number of nitrogens with one attached hydrogen (secondary N) is 1. The number of rotatable bonds is 5. The highest BCUT2D eigenvalue weighted by Crippen LogP contribution is 2.23. The fourth-order valence-corrected chi connectivity index (χ4v) is 1.56. The lowest BCUT2D eigenvalue weighted by atomic mass is 9.94. The first-order valence-corrected chi connectivity index (χ1v) is 5.53. The minimum absolute atomic E-state index is 0.464. The maximum Gasteiger partial charge on any atom is 0.124 e. The minimum atomic E-state index is -0.464. The van der Waals surface area contributed by atoms with Crippen LogP contribution in [0.5, 0.6) is 5.75 Å². The van der Waals surface area contributed by atoms with Crippen LogP contribution in [0.3, 0.4) is 0 Å². The predicted molar refractivity (Wildman–Crippen MR) is 65.5 cm³/mol. The Kier molecular flexibility index (Phi) is 4.19. The first kappa shape index (κ1) is 12.4. The van der Waals surface area contributed by atoms with Crippen molar-refractivity contribution in [2.24, 2.45) is 0 Å². The van der Waals surface area contributed by atoms with Crippen molar-refractivity contribution in [3.05, 3.63) is 24.3 Å². The van der Waals surface area contributed by atoms with Crippen molar-refractivity contribution in [2.45, 2.75) is 32.2 Å². The van der Waals surface area contributed by atoms with E-state index < -0.39 is 5.54 Å². The summed E-state index contributed by atoms with van der Waals surface area (Å²) in [6, 6.07) is 9.97. The number of hydrogen-bond acceptors (Lipinski definition) is 3. The highest BCUT2D eigenvalue weighted by Gasteiger charge is 2.24. The molecule has 0 fully saturated rings. The van der Waals surface area contributed by atoms with Gasteiger partial charge in [-0.15, -0.1) is 0 Å². The molecule has 1 aromatic rings. The van der Waals surface area contributed by atoms with Gasteiger partial charge in [0.1, 0.15) is 11.3 Å². The molecule has 16 heavy (non-hydrogen) atoms. The van der Waals surface area contributed by atoms with Gasteiger partial charge in [-0.25, -0.2) is 0 Å².